The number of benzene rings is 7. The van der Waals surface area contributed by atoms with Crippen molar-refractivity contribution < 1.29 is 0 Å². The highest BCUT2D eigenvalue weighted by molar-refractivity contribution is 7.26. The Hall–Kier alpha value is -5.18. The molecule has 0 aliphatic heterocycles. The molecule has 42 heavy (non-hydrogen) atoms. The van der Waals surface area contributed by atoms with E-state index in [0.29, 0.717) is 0 Å². The molecule has 0 aliphatic carbocycles. The lowest BCUT2D eigenvalue weighted by Crippen LogP contribution is -2.10. The summed E-state index contributed by atoms with van der Waals surface area (Å²) in [5.41, 5.74) is 8.33. The monoisotopic (exact) mass is 553 g/mol. The molecular weight excluding hydrogens is 527 g/mol. The molecule has 0 saturated heterocycles. The fourth-order valence-electron chi connectivity index (χ4n) is 6.03. The van der Waals surface area contributed by atoms with Crippen molar-refractivity contribution in [2.24, 2.45) is 0 Å². The summed E-state index contributed by atoms with van der Waals surface area (Å²) < 4.78 is 2.68. The molecule has 8 aromatic rings. The third-order valence-corrected chi connectivity index (χ3v) is 9.28. The molecule has 0 amide bonds. The number of para-hydroxylation sites is 1. The van der Waals surface area contributed by atoms with Crippen LogP contribution < -0.4 is 4.90 Å². The van der Waals surface area contributed by atoms with Crippen molar-refractivity contribution in [1.29, 1.82) is 0 Å². The van der Waals surface area contributed by atoms with Gasteiger partial charge < -0.3 is 4.90 Å². The largest absolute Gasteiger partial charge is 0.310 e. The first-order chi connectivity index (χ1) is 20.8. The number of rotatable bonds is 5. The van der Waals surface area contributed by atoms with Gasteiger partial charge in [-0.25, -0.2) is 0 Å². The van der Waals surface area contributed by atoms with Crippen LogP contribution in [0.2, 0.25) is 0 Å². The van der Waals surface area contributed by atoms with E-state index in [0.717, 1.165) is 11.4 Å². The first kappa shape index (κ1) is 24.6. The SMILES string of the molecule is c1ccc(-c2cccc(-c3ccc(N(c4ccccc4)c4cccc5c4ccc4c6ccccc6sc54)cc3)c2)cc1. The molecule has 7 aromatic carbocycles. The Morgan fingerprint density at radius 1 is 0.357 bits per heavy atom. The minimum atomic E-state index is 1.13. The van der Waals surface area contributed by atoms with Crippen molar-refractivity contribution in [2.45, 2.75) is 0 Å². The van der Waals surface area contributed by atoms with E-state index in [-0.39, 0.29) is 0 Å². The summed E-state index contributed by atoms with van der Waals surface area (Å²) in [5, 5.41) is 5.20. The Morgan fingerprint density at radius 2 is 0.905 bits per heavy atom. The summed E-state index contributed by atoms with van der Waals surface area (Å²) in [4.78, 5) is 2.38. The number of thiophene rings is 1. The maximum atomic E-state index is 2.38. The Labute approximate surface area is 249 Å². The normalized spacial score (nSPS) is 11.3. The maximum absolute atomic E-state index is 2.38. The molecule has 1 aromatic heterocycles. The van der Waals surface area contributed by atoms with Crippen LogP contribution in [0, 0.1) is 0 Å². The average Bonchev–Trinajstić information content (AvgIpc) is 3.46. The molecule has 0 atom stereocenters. The van der Waals surface area contributed by atoms with Crippen molar-refractivity contribution in [3.05, 3.63) is 164 Å². The Kier molecular flexibility index (Phi) is 6.05. The standard InChI is InChI=1S/C40H27NS/c1-3-11-28(12-4-1)30-13-9-14-31(27-30)29-21-23-33(24-22-29)41(32-15-5-2-6-16-32)38-19-10-18-36-34(38)25-26-37-35-17-7-8-20-39(35)42-40(36)37/h1-27H. The number of hydrogen-bond acceptors (Lipinski definition) is 2. The molecule has 0 saturated carbocycles. The molecule has 0 radical (unpaired) electrons. The molecule has 1 heterocycles. The maximum Gasteiger partial charge on any atom is 0.0540 e. The van der Waals surface area contributed by atoms with Gasteiger partial charge in [0.25, 0.3) is 0 Å². The van der Waals surface area contributed by atoms with Gasteiger partial charge in [-0.05, 0) is 64.7 Å². The molecule has 0 aliphatic rings. The topological polar surface area (TPSA) is 3.24 Å². The molecule has 0 spiro atoms. The van der Waals surface area contributed by atoms with Gasteiger partial charge in [0.1, 0.15) is 0 Å². The van der Waals surface area contributed by atoms with Crippen LogP contribution >= 0.6 is 11.3 Å². The molecule has 0 fully saturated rings. The van der Waals surface area contributed by atoms with Gasteiger partial charge in [0.05, 0.1) is 5.69 Å². The molecular formula is C40H27NS. The molecule has 8 rings (SSSR count). The third kappa shape index (κ3) is 4.25. The number of fused-ring (bicyclic) bond motifs is 5. The van der Waals surface area contributed by atoms with Gasteiger partial charge in [-0.2, -0.15) is 0 Å². The van der Waals surface area contributed by atoms with Crippen molar-refractivity contribution in [3.8, 4) is 22.3 Å². The number of nitrogens with zero attached hydrogens (tertiary/aromatic N) is 1. The van der Waals surface area contributed by atoms with Gasteiger partial charge in [0.2, 0.25) is 0 Å². The van der Waals surface area contributed by atoms with E-state index in [9.17, 15) is 0 Å². The summed E-state index contributed by atoms with van der Waals surface area (Å²) >= 11 is 1.88. The van der Waals surface area contributed by atoms with E-state index in [2.05, 4.69) is 169 Å². The van der Waals surface area contributed by atoms with Crippen LogP contribution in [0.25, 0.3) is 53.2 Å². The van der Waals surface area contributed by atoms with Gasteiger partial charge >= 0.3 is 0 Å². The zero-order chi connectivity index (χ0) is 27.9. The quantitative estimate of drug-likeness (QED) is 0.205. The highest BCUT2D eigenvalue weighted by Gasteiger charge is 2.17. The van der Waals surface area contributed by atoms with Gasteiger partial charge in [-0.1, -0.05) is 121 Å². The van der Waals surface area contributed by atoms with Crippen LogP contribution in [-0.2, 0) is 0 Å². The first-order valence-electron chi connectivity index (χ1n) is 14.3. The minimum Gasteiger partial charge on any atom is -0.310 e. The number of hydrogen-bond donors (Lipinski definition) is 0. The fourth-order valence-corrected chi connectivity index (χ4v) is 7.27. The Morgan fingerprint density at radius 3 is 1.69 bits per heavy atom. The van der Waals surface area contributed by atoms with E-state index in [1.165, 1.54) is 58.9 Å². The van der Waals surface area contributed by atoms with Gasteiger partial charge in [-0.3, -0.25) is 0 Å². The van der Waals surface area contributed by atoms with E-state index < -0.39 is 0 Å². The number of anilines is 3. The highest BCUT2D eigenvalue weighted by Crippen LogP contribution is 2.44. The van der Waals surface area contributed by atoms with Crippen LogP contribution in [0.4, 0.5) is 17.1 Å². The Balaban J connectivity index is 1.25. The second-order valence-electron chi connectivity index (χ2n) is 10.6. The smallest absolute Gasteiger partial charge is 0.0540 e. The van der Waals surface area contributed by atoms with Crippen LogP contribution in [0.15, 0.2) is 164 Å². The van der Waals surface area contributed by atoms with Crippen LogP contribution in [-0.4, -0.2) is 0 Å². The van der Waals surface area contributed by atoms with E-state index in [1.807, 2.05) is 11.3 Å². The van der Waals surface area contributed by atoms with Gasteiger partial charge in [0, 0.05) is 42.3 Å². The first-order valence-corrected chi connectivity index (χ1v) is 15.1. The molecule has 1 nitrogen and oxygen atoms in total. The second-order valence-corrected chi connectivity index (χ2v) is 11.6. The lowest BCUT2D eigenvalue weighted by atomic mass is 9.98. The van der Waals surface area contributed by atoms with Crippen molar-refractivity contribution in [2.75, 3.05) is 4.90 Å². The van der Waals surface area contributed by atoms with Crippen LogP contribution in [0.1, 0.15) is 0 Å². The lowest BCUT2D eigenvalue weighted by Gasteiger charge is -2.27. The van der Waals surface area contributed by atoms with Crippen LogP contribution in [0.3, 0.4) is 0 Å². The minimum absolute atomic E-state index is 1.13. The zero-order valence-corrected chi connectivity index (χ0v) is 23.8. The highest BCUT2D eigenvalue weighted by atomic mass is 32.1. The molecule has 198 valence electrons. The molecule has 2 heteroatoms. The zero-order valence-electron chi connectivity index (χ0n) is 22.9. The summed E-state index contributed by atoms with van der Waals surface area (Å²) in [6.07, 6.45) is 0. The van der Waals surface area contributed by atoms with Crippen molar-refractivity contribution >= 4 is 59.3 Å². The molecule has 0 N–H and O–H groups in total. The fraction of sp³-hybridized carbons (Fsp3) is 0. The van der Waals surface area contributed by atoms with E-state index >= 15 is 0 Å². The van der Waals surface area contributed by atoms with Crippen molar-refractivity contribution in [3.63, 3.8) is 0 Å². The second kappa shape index (κ2) is 10.3. The van der Waals surface area contributed by atoms with E-state index in [4.69, 9.17) is 0 Å². The lowest BCUT2D eigenvalue weighted by molar-refractivity contribution is 1.30. The van der Waals surface area contributed by atoms with Gasteiger partial charge in [-0.15, -0.1) is 11.3 Å². The predicted molar refractivity (Wildman–Crippen MR) is 182 cm³/mol. The molecule has 0 unspecified atom stereocenters. The van der Waals surface area contributed by atoms with Crippen LogP contribution in [0.5, 0.6) is 0 Å². The predicted octanol–water partition coefficient (Wildman–Crippen LogP) is 12.0. The summed E-state index contributed by atoms with van der Waals surface area (Å²) in [5.74, 6) is 0. The third-order valence-electron chi connectivity index (χ3n) is 8.06. The summed E-state index contributed by atoms with van der Waals surface area (Å²) in [6, 6.07) is 59.0. The summed E-state index contributed by atoms with van der Waals surface area (Å²) in [7, 11) is 0. The van der Waals surface area contributed by atoms with E-state index in [1.54, 1.807) is 0 Å². The van der Waals surface area contributed by atoms with Crippen molar-refractivity contribution in [1.82, 2.24) is 0 Å². The summed E-state index contributed by atoms with van der Waals surface area (Å²) in [6.45, 7) is 0. The molecule has 0 bridgehead atoms. The average molecular weight is 554 g/mol. The van der Waals surface area contributed by atoms with Gasteiger partial charge in [0.15, 0.2) is 0 Å². The Bertz CT molecular complexity index is 2180.